The van der Waals surface area contributed by atoms with Crippen LogP contribution in [0.4, 0.5) is 5.69 Å². The number of amides is 1. The Kier molecular flexibility index (Phi) is 9.03. The molecular formula is C22H28N2O7S. The molecule has 0 heterocycles. The second-order valence-corrected chi connectivity index (χ2v) is 8.66. The van der Waals surface area contributed by atoms with Gasteiger partial charge in [0.05, 0.1) is 30.9 Å². The number of hydrogen-bond donors (Lipinski definition) is 0. The van der Waals surface area contributed by atoms with Crippen molar-refractivity contribution in [2.24, 2.45) is 0 Å². The van der Waals surface area contributed by atoms with Crippen molar-refractivity contribution in [1.29, 1.82) is 0 Å². The van der Waals surface area contributed by atoms with Gasteiger partial charge < -0.3 is 19.1 Å². The maximum atomic E-state index is 13.1. The highest BCUT2D eigenvalue weighted by atomic mass is 32.2. The van der Waals surface area contributed by atoms with Crippen LogP contribution in [0.25, 0.3) is 0 Å². The number of anilines is 1. The minimum absolute atomic E-state index is 0.0105. The summed E-state index contributed by atoms with van der Waals surface area (Å²) in [5.41, 5.74) is 0.625. The van der Waals surface area contributed by atoms with Crippen LogP contribution in [0.15, 0.2) is 53.4 Å². The summed E-state index contributed by atoms with van der Waals surface area (Å²) in [6.45, 7) is 2.08. The normalized spacial score (nSPS) is 11.0. The van der Waals surface area contributed by atoms with Gasteiger partial charge in [0, 0.05) is 26.3 Å². The summed E-state index contributed by atoms with van der Waals surface area (Å²) in [6.07, 6.45) is 0. The number of nitrogens with zero attached hydrogens (tertiary/aromatic N) is 2. The third-order valence-electron chi connectivity index (χ3n) is 4.66. The molecule has 2 rings (SSSR count). The number of sulfonamides is 1. The molecule has 0 N–H and O–H groups in total. The molecule has 0 spiro atoms. The third-order valence-corrected chi connectivity index (χ3v) is 6.45. The Balaban J connectivity index is 2.26. The highest BCUT2D eigenvalue weighted by Gasteiger charge is 2.25. The van der Waals surface area contributed by atoms with Crippen LogP contribution in [0.5, 0.6) is 5.75 Å². The highest BCUT2D eigenvalue weighted by molar-refractivity contribution is 7.92. The number of rotatable bonds is 11. The van der Waals surface area contributed by atoms with E-state index < -0.39 is 21.9 Å². The Labute approximate surface area is 188 Å². The average molecular weight is 465 g/mol. The van der Waals surface area contributed by atoms with E-state index in [-0.39, 0.29) is 36.8 Å². The van der Waals surface area contributed by atoms with E-state index in [1.807, 2.05) is 0 Å². The van der Waals surface area contributed by atoms with E-state index in [0.717, 1.165) is 4.31 Å². The van der Waals surface area contributed by atoms with Crippen molar-refractivity contribution >= 4 is 27.6 Å². The van der Waals surface area contributed by atoms with Gasteiger partial charge in [-0.1, -0.05) is 12.1 Å². The first kappa shape index (κ1) is 25.2. The van der Waals surface area contributed by atoms with Crippen molar-refractivity contribution < 1.29 is 32.2 Å². The molecule has 9 nitrogen and oxygen atoms in total. The summed E-state index contributed by atoms with van der Waals surface area (Å²) in [7, 11) is 0.490. The zero-order chi connectivity index (χ0) is 23.7. The molecule has 1 amide bonds. The van der Waals surface area contributed by atoms with Gasteiger partial charge >= 0.3 is 5.97 Å². The Morgan fingerprint density at radius 2 is 1.66 bits per heavy atom. The number of carbonyl (C=O) groups excluding carboxylic acids is 2. The number of hydrogen-bond acceptors (Lipinski definition) is 7. The summed E-state index contributed by atoms with van der Waals surface area (Å²) in [6, 6.07) is 12.3. The first-order valence-corrected chi connectivity index (χ1v) is 11.4. The second kappa shape index (κ2) is 11.5. The molecule has 0 aliphatic rings. The van der Waals surface area contributed by atoms with E-state index in [0.29, 0.717) is 11.4 Å². The smallest absolute Gasteiger partial charge is 0.325 e. The maximum Gasteiger partial charge on any atom is 0.325 e. The van der Waals surface area contributed by atoms with Gasteiger partial charge in [-0.3, -0.25) is 13.9 Å². The van der Waals surface area contributed by atoms with Crippen molar-refractivity contribution in [2.75, 3.05) is 51.9 Å². The zero-order valence-electron chi connectivity index (χ0n) is 18.6. The van der Waals surface area contributed by atoms with Crippen LogP contribution in [0.1, 0.15) is 17.3 Å². The molecule has 0 fully saturated rings. The first-order chi connectivity index (χ1) is 15.3. The standard InChI is InChI=1S/C22H28N2O7S/c1-5-31-21(25)16-24(14-15-29-3)22(26)17-10-12-18(13-11-17)32(27,28)23(2)19-8-6-7-9-20(19)30-4/h6-13H,5,14-16H2,1-4H3. The van der Waals surface area contributed by atoms with Gasteiger partial charge in [0.1, 0.15) is 12.3 Å². The largest absolute Gasteiger partial charge is 0.495 e. The number of methoxy groups -OCH3 is 2. The average Bonchev–Trinajstić information content (AvgIpc) is 2.80. The van der Waals surface area contributed by atoms with Crippen molar-refractivity contribution in [2.45, 2.75) is 11.8 Å². The number of benzene rings is 2. The molecule has 0 atom stereocenters. The molecule has 0 saturated carbocycles. The van der Waals surface area contributed by atoms with Crippen LogP contribution < -0.4 is 9.04 Å². The molecule has 0 saturated heterocycles. The van der Waals surface area contributed by atoms with E-state index in [4.69, 9.17) is 14.2 Å². The molecule has 2 aromatic rings. The molecular weight excluding hydrogens is 436 g/mol. The summed E-state index contributed by atoms with van der Waals surface area (Å²) >= 11 is 0. The molecule has 174 valence electrons. The number of esters is 1. The molecule has 10 heteroatoms. The van der Waals surface area contributed by atoms with E-state index in [1.54, 1.807) is 31.2 Å². The van der Waals surface area contributed by atoms with Gasteiger partial charge in [-0.2, -0.15) is 0 Å². The Hall–Kier alpha value is -3.11. The van der Waals surface area contributed by atoms with Crippen LogP contribution in [0.3, 0.4) is 0 Å². The minimum Gasteiger partial charge on any atom is -0.495 e. The zero-order valence-corrected chi connectivity index (χ0v) is 19.4. The second-order valence-electron chi connectivity index (χ2n) is 6.69. The van der Waals surface area contributed by atoms with Gasteiger partial charge in [-0.15, -0.1) is 0 Å². The van der Waals surface area contributed by atoms with Gasteiger partial charge in [-0.25, -0.2) is 8.42 Å². The van der Waals surface area contributed by atoms with E-state index in [2.05, 4.69) is 0 Å². The van der Waals surface area contributed by atoms with Gasteiger partial charge in [0.15, 0.2) is 0 Å². The van der Waals surface area contributed by atoms with Gasteiger partial charge in [0.2, 0.25) is 0 Å². The fourth-order valence-electron chi connectivity index (χ4n) is 2.95. The highest BCUT2D eigenvalue weighted by Crippen LogP contribution is 2.30. The summed E-state index contributed by atoms with van der Waals surface area (Å²) < 4.78 is 42.4. The van der Waals surface area contributed by atoms with E-state index in [9.17, 15) is 18.0 Å². The van der Waals surface area contributed by atoms with Crippen LogP contribution in [0.2, 0.25) is 0 Å². The van der Waals surface area contributed by atoms with Crippen LogP contribution >= 0.6 is 0 Å². The van der Waals surface area contributed by atoms with Crippen molar-refractivity contribution in [3.8, 4) is 5.75 Å². The fourth-order valence-corrected chi connectivity index (χ4v) is 4.15. The predicted molar refractivity (Wildman–Crippen MR) is 119 cm³/mol. The lowest BCUT2D eigenvalue weighted by molar-refractivity contribution is -0.143. The molecule has 32 heavy (non-hydrogen) atoms. The minimum atomic E-state index is -3.89. The molecule has 0 unspecified atom stereocenters. The first-order valence-electron chi connectivity index (χ1n) is 9.92. The lowest BCUT2D eigenvalue weighted by atomic mass is 10.2. The number of ether oxygens (including phenoxy) is 3. The summed E-state index contributed by atoms with van der Waals surface area (Å²) in [4.78, 5) is 26.0. The van der Waals surface area contributed by atoms with Crippen LogP contribution in [-0.2, 0) is 24.3 Å². The lowest BCUT2D eigenvalue weighted by Crippen LogP contribution is -2.38. The maximum absolute atomic E-state index is 13.1. The van der Waals surface area contributed by atoms with Crippen molar-refractivity contribution in [3.05, 3.63) is 54.1 Å². The Morgan fingerprint density at radius 1 is 1.00 bits per heavy atom. The summed E-state index contributed by atoms with van der Waals surface area (Å²) in [5.74, 6) is -0.551. The Morgan fingerprint density at radius 3 is 2.25 bits per heavy atom. The van der Waals surface area contributed by atoms with Crippen molar-refractivity contribution in [1.82, 2.24) is 4.90 Å². The fraction of sp³-hybridized carbons (Fsp3) is 0.364. The van der Waals surface area contributed by atoms with Crippen LogP contribution in [0, 0.1) is 0 Å². The van der Waals surface area contributed by atoms with Crippen LogP contribution in [-0.4, -0.2) is 72.8 Å². The quantitative estimate of drug-likeness (QED) is 0.470. The monoisotopic (exact) mass is 464 g/mol. The molecule has 0 aliphatic heterocycles. The van der Waals surface area contributed by atoms with E-state index >= 15 is 0 Å². The third kappa shape index (κ3) is 5.98. The van der Waals surface area contributed by atoms with Gasteiger partial charge in [-0.05, 0) is 43.3 Å². The van der Waals surface area contributed by atoms with E-state index in [1.165, 1.54) is 50.4 Å². The molecule has 2 aromatic carbocycles. The SMILES string of the molecule is CCOC(=O)CN(CCOC)C(=O)c1ccc(S(=O)(=O)N(C)c2ccccc2OC)cc1. The molecule has 0 aromatic heterocycles. The molecule has 0 radical (unpaired) electrons. The molecule has 0 bridgehead atoms. The molecule has 0 aliphatic carbocycles. The number of para-hydroxylation sites is 2. The van der Waals surface area contributed by atoms with Crippen molar-refractivity contribution in [3.63, 3.8) is 0 Å². The topological polar surface area (TPSA) is 102 Å². The predicted octanol–water partition coefficient (Wildman–Crippen LogP) is 2.17. The Bertz CT molecular complexity index is 1020. The number of carbonyl (C=O) groups is 2. The van der Waals surface area contributed by atoms with Gasteiger partial charge in [0.25, 0.3) is 15.9 Å². The summed E-state index contributed by atoms with van der Waals surface area (Å²) in [5, 5.41) is 0. The lowest BCUT2D eigenvalue weighted by Gasteiger charge is -2.23.